The van der Waals surface area contributed by atoms with Gasteiger partial charge >= 0.3 is 0 Å². The maximum atomic E-state index is 4.30. The first-order valence-corrected chi connectivity index (χ1v) is 6.68. The molecule has 18 heavy (non-hydrogen) atoms. The van der Waals surface area contributed by atoms with Gasteiger partial charge in [0.2, 0.25) is 0 Å². The molecule has 0 saturated heterocycles. The van der Waals surface area contributed by atoms with Crippen molar-refractivity contribution < 1.29 is 0 Å². The van der Waals surface area contributed by atoms with Crippen LogP contribution in [0.4, 0.5) is 5.82 Å². The van der Waals surface area contributed by atoms with E-state index in [4.69, 9.17) is 0 Å². The zero-order valence-corrected chi connectivity index (χ0v) is 10.9. The van der Waals surface area contributed by atoms with Gasteiger partial charge in [0.25, 0.3) is 0 Å². The Morgan fingerprint density at radius 3 is 2.78 bits per heavy atom. The third-order valence-electron chi connectivity index (χ3n) is 2.82. The third-order valence-corrected chi connectivity index (χ3v) is 3.73. The van der Waals surface area contributed by atoms with E-state index >= 15 is 0 Å². The number of thiophene rings is 1. The van der Waals surface area contributed by atoms with Crippen LogP contribution >= 0.6 is 11.3 Å². The molecule has 0 aliphatic heterocycles. The Bertz CT molecular complexity index is 658. The molecular formula is C14H13N3S. The van der Waals surface area contributed by atoms with Gasteiger partial charge in [0, 0.05) is 6.54 Å². The van der Waals surface area contributed by atoms with Crippen molar-refractivity contribution in [1.29, 1.82) is 0 Å². The van der Waals surface area contributed by atoms with Gasteiger partial charge in [-0.05, 0) is 23.9 Å². The van der Waals surface area contributed by atoms with E-state index in [-0.39, 0.29) is 0 Å². The van der Waals surface area contributed by atoms with Gasteiger partial charge in [-0.15, -0.1) is 11.3 Å². The lowest BCUT2D eigenvalue weighted by molar-refractivity contribution is 1.10. The van der Waals surface area contributed by atoms with Crippen LogP contribution in [0.25, 0.3) is 10.2 Å². The molecule has 1 aromatic carbocycles. The lowest BCUT2D eigenvalue weighted by atomic mass is 10.1. The fraction of sp³-hybridized carbons (Fsp3) is 0.143. The number of nitrogens with zero attached hydrogens (tertiary/aromatic N) is 2. The van der Waals surface area contributed by atoms with Gasteiger partial charge in [-0.1, -0.05) is 29.8 Å². The molecule has 0 aliphatic carbocycles. The van der Waals surface area contributed by atoms with E-state index in [0.29, 0.717) is 0 Å². The molecule has 0 fully saturated rings. The molecule has 2 aromatic heterocycles. The molecule has 0 aliphatic rings. The molecule has 0 saturated carbocycles. The van der Waals surface area contributed by atoms with E-state index in [9.17, 15) is 0 Å². The summed E-state index contributed by atoms with van der Waals surface area (Å²) in [5, 5.41) is 5.41. The monoisotopic (exact) mass is 255 g/mol. The quantitative estimate of drug-likeness (QED) is 0.777. The Hall–Kier alpha value is -1.94. The zero-order chi connectivity index (χ0) is 12.4. The average Bonchev–Trinajstić information content (AvgIpc) is 2.87. The van der Waals surface area contributed by atoms with Crippen LogP contribution in [0.15, 0.2) is 42.0 Å². The Balaban J connectivity index is 1.80. The van der Waals surface area contributed by atoms with E-state index in [0.717, 1.165) is 22.6 Å². The van der Waals surface area contributed by atoms with Crippen molar-refractivity contribution >= 4 is 27.4 Å². The molecule has 0 bridgehead atoms. The number of benzene rings is 1. The summed E-state index contributed by atoms with van der Waals surface area (Å²) in [6.07, 6.45) is 1.60. The Kier molecular flexibility index (Phi) is 2.94. The van der Waals surface area contributed by atoms with Gasteiger partial charge in [0.1, 0.15) is 12.1 Å². The van der Waals surface area contributed by atoms with Crippen LogP contribution in [0.3, 0.4) is 0 Å². The number of aromatic nitrogens is 2. The minimum absolute atomic E-state index is 0.782. The van der Waals surface area contributed by atoms with Crippen molar-refractivity contribution in [1.82, 2.24) is 9.97 Å². The highest BCUT2D eigenvalue weighted by atomic mass is 32.1. The predicted molar refractivity (Wildman–Crippen MR) is 75.9 cm³/mol. The second-order valence-electron chi connectivity index (χ2n) is 4.20. The number of anilines is 1. The maximum absolute atomic E-state index is 4.30. The molecule has 0 spiro atoms. The molecule has 0 atom stereocenters. The summed E-state index contributed by atoms with van der Waals surface area (Å²) >= 11 is 1.66. The third kappa shape index (κ3) is 2.19. The standard InChI is InChI=1S/C14H13N3S/c1-10-2-4-11(5-3-10)8-15-14-13-12(6-7-18-13)16-9-17-14/h2-7,9H,8H2,1H3,(H,15,16,17). The van der Waals surface area contributed by atoms with Gasteiger partial charge < -0.3 is 5.32 Å². The van der Waals surface area contributed by atoms with Gasteiger partial charge in [-0.3, -0.25) is 0 Å². The van der Waals surface area contributed by atoms with Crippen LogP contribution in [0, 0.1) is 6.92 Å². The molecule has 0 radical (unpaired) electrons. The lowest BCUT2D eigenvalue weighted by Gasteiger charge is -2.06. The number of fused-ring (bicyclic) bond motifs is 1. The van der Waals surface area contributed by atoms with Crippen molar-refractivity contribution in [3.63, 3.8) is 0 Å². The van der Waals surface area contributed by atoms with Crippen molar-refractivity contribution in [2.24, 2.45) is 0 Å². The van der Waals surface area contributed by atoms with E-state index in [1.54, 1.807) is 17.7 Å². The van der Waals surface area contributed by atoms with Crippen LogP contribution in [0.5, 0.6) is 0 Å². The summed E-state index contributed by atoms with van der Waals surface area (Å²) in [7, 11) is 0. The Labute approximate surface area is 110 Å². The van der Waals surface area contributed by atoms with Crippen LogP contribution < -0.4 is 5.32 Å². The molecule has 1 N–H and O–H groups in total. The molecule has 90 valence electrons. The minimum atomic E-state index is 0.782. The second kappa shape index (κ2) is 4.74. The molecule has 0 unspecified atom stereocenters. The van der Waals surface area contributed by atoms with Gasteiger partial charge in [0.05, 0.1) is 10.2 Å². The summed E-state index contributed by atoms with van der Waals surface area (Å²) in [4.78, 5) is 8.53. The highest BCUT2D eigenvalue weighted by Gasteiger charge is 2.04. The van der Waals surface area contributed by atoms with E-state index in [1.807, 2.05) is 11.4 Å². The van der Waals surface area contributed by atoms with Crippen molar-refractivity contribution in [2.75, 3.05) is 5.32 Å². The fourth-order valence-corrected chi connectivity index (χ4v) is 2.62. The fourth-order valence-electron chi connectivity index (χ4n) is 1.81. The first-order chi connectivity index (χ1) is 8.83. The molecule has 3 rings (SSSR count). The normalized spacial score (nSPS) is 10.7. The van der Waals surface area contributed by atoms with Crippen molar-refractivity contribution in [3.8, 4) is 0 Å². The van der Waals surface area contributed by atoms with Crippen LogP contribution in [0.1, 0.15) is 11.1 Å². The van der Waals surface area contributed by atoms with Gasteiger partial charge in [-0.2, -0.15) is 0 Å². The maximum Gasteiger partial charge on any atom is 0.147 e. The SMILES string of the molecule is Cc1ccc(CNc2ncnc3ccsc23)cc1. The molecule has 4 heteroatoms. The largest absolute Gasteiger partial charge is 0.365 e. The lowest BCUT2D eigenvalue weighted by Crippen LogP contribution is -2.01. The highest BCUT2D eigenvalue weighted by Crippen LogP contribution is 2.25. The van der Waals surface area contributed by atoms with Gasteiger partial charge in [-0.25, -0.2) is 9.97 Å². The summed E-state index contributed by atoms with van der Waals surface area (Å²) in [6, 6.07) is 10.5. The van der Waals surface area contributed by atoms with Crippen molar-refractivity contribution in [3.05, 3.63) is 53.2 Å². The minimum Gasteiger partial charge on any atom is -0.365 e. The average molecular weight is 255 g/mol. The molecule has 3 aromatic rings. The van der Waals surface area contributed by atoms with Crippen molar-refractivity contribution in [2.45, 2.75) is 13.5 Å². The van der Waals surface area contributed by atoms with Crippen LogP contribution in [0.2, 0.25) is 0 Å². The number of nitrogens with one attached hydrogen (secondary N) is 1. The summed E-state index contributed by atoms with van der Waals surface area (Å²) in [6.45, 7) is 2.88. The summed E-state index contributed by atoms with van der Waals surface area (Å²) in [5.74, 6) is 0.913. The number of aryl methyl sites for hydroxylation is 1. The molecule has 2 heterocycles. The first kappa shape index (κ1) is 11.2. The second-order valence-corrected chi connectivity index (χ2v) is 5.11. The van der Waals surface area contributed by atoms with E-state index < -0.39 is 0 Å². The van der Waals surface area contributed by atoms with E-state index in [1.165, 1.54) is 11.1 Å². The zero-order valence-electron chi connectivity index (χ0n) is 10.1. The molecule has 0 amide bonds. The summed E-state index contributed by atoms with van der Waals surface area (Å²) < 4.78 is 1.12. The Morgan fingerprint density at radius 1 is 1.11 bits per heavy atom. The van der Waals surface area contributed by atoms with Crippen LogP contribution in [-0.4, -0.2) is 9.97 Å². The number of hydrogen-bond acceptors (Lipinski definition) is 4. The molecule has 3 nitrogen and oxygen atoms in total. The van der Waals surface area contributed by atoms with E-state index in [2.05, 4.69) is 46.5 Å². The van der Waals surface area contributed by atoms with Gasteiger partial charge in [0.15, 0.2) is 0 Å². The van der Waals surface area contributed by atoms with Crippen LogP contribution in [-0.2, 0) is 6.54 Å². The highest BCUT2D eigenvalue weighted by molar-refractivity contribution is 7.17. The number of rotatable bonds is 3. The first-order valence-electron chi connectivity index (χ1n) is 5.80. The summed E-state index contributed by atoms with van der Waals surface area (Å²) in [5.41, 5.74) is 3.53. The number of hydrogen-bond donors (Lipinski definition) is 1. The topological polar surface area (TPSA) is 37.8 Å². The smallest absolute Gasteiger partial charge is 0.147 e. The Morgan fingerprint density at radius 2 is 1.94 bits per heavy atom. The molecular weight excluding hydrogens is 242 g/mol. The predicted octanol–water partition coefficient (Wildman–Crippen LogP) is 3.61.